The molecule has 3 rings (SSSR count). The van der Waals surface area contributed by atoms with Crippen LogP contribution in [0, 0.1) is 11.3 Å². The lowest BCUT2D eigenvalue weighted by molar-refractivity contribution is -0.140. The standard InChI is InChI=1S/C23H22ClN3O5S/c1-14-20(23(29)32-10-9-30-2)21(18-7-4-8-31-18)17(12-25)22(26-14)33-13-19(28)27-16-6-3-5-15(24)11-16/h3-8,11,21,26H,9-10,13H2,1-2H3,(H,27,28). The molecule has 1 unspecified atom stereocenters. The second-order valence-corrected chi connectivity index (χ2v) is 8.36. The molecule has 0 aliphatic carbocycles. The maximum absolute atomic E-state index is 12.8. The number of nitriles is 1. The van der Waals surface area contributed by atoms with E-state index in [1.165, 1.54) is 13.4 Å². The number of dihydropyridines is 1. The first-order valence-corrected chi connectivity index (χ1v) is 11.3. The Bertz CT molecular complexity index is 1120. The second-order valence-electron chi connectivity index (χ2n) is 6.94. The highest BCUT2D eigenvalue weighted by Crippen LogP contribution is 2.41. The van der Waals surface area contributed by atoms with Crippen LogP contribution in [0.2, 0.25) is 5.02 Å². The summed E-state index contributed by atoms with van der Waals surface area (Å²) in [6, 6.07) is 12.4. The lowest BCUT2D eigenvalue weighted by Crippen LogP contribution is -2.29. The van der Waals surface area contributed by atoms with E-state index < -0.39 is 11.9 Å². The highest BCUT2D eigenvalue weighted by atomic mass is 35.5. The molecule has 0 saturated heterocycles. The van der Waals surface area contributed by atoms with E-state index in [1.807, 2.05) is 0 Å². The summed E-state index contributed by atoms with van der Waals surface area (Å²) in [6.07, 6.45) is 1.47. The van der Waals surface area contributed by atoms with Crippen molar-refractivity contribution in [1.82, 2.24) is 5.32 Å². The van der Waals surface area contributed by atoms with Gasteiger partial charge in [0.1, 0.15) is 12.4 Å². The van der Waals surface area contributed by atoms with E-state index in [1.54, 1.807) is 43.3 Å². The molecule has 10 heteroatoms. The fourth-order valence-electron chi connectivity index (χ4n) is 3.23. The molecule has 2 N–H and O–H groups in total. The van der Waals surface area contributed by atoms with Crippen LogP contribution in [0.4, 0.5) is 5.69 Å². The number of halogens is 1. The summed E-state index contributed by atoms with van der Waals surface area (Å²) in [7, 11) is 1.51. The number of furan rings is 1. The maximum Gasteiger partial charge on any atom is 0.336 e. The predicted molar refractivity (Wildman–Crippen MR) is 125 cm³/mol. The SMILES string of the molecule is COCCOC(=O)C1=C(C)NC(SCC(=O)Nc2cccc(Cl)c2)=C(C#N)C1c1ccco1. The molecular formula is C23H22ClN3O5S. The minimum absolute atomic E-state index is 0.0335. The van der Waals surface area contributed by atoms with Gasteiger partial charge in [-0.25, -0.2) is 4.79 Å². The van der Waals surface area contributed by atoms with Gasteiger partial charge in [-0.15, -0.1) is 0 Å². The molecular weight excluding hydrogens is 466 g/mol. The lowest BCUT2D eigenvalue weighted by Gasteiger charge is -2.27. The highest BCUT2D eigenvalue weighted by molar-refractivity contribution is 8.03. The first kappa shape index (κ1) is 24.5. The summed E-state index contributed by atoms with van der Waals surface area (Å²) in [5, 5.41) is 16.8. The lowest BCUT2D eigenvalue weighted by atomic mass is 9.86. The van der Waals surface area contributed by atoms with Crippen molar-refractivity contribution in [2.45, 2.75) is 12.8 Å². The number of rotatable bonds is 9. The molecule has 0 saturated carbocycles. The Labute approximate surface area is 200 Å². The third-order valence-electron chi connectivity index (χ3n) is 4.67. The van der Waals surface area contributed by atoms with Crippen molar-refractivity contribution >= 4 is 40.9 Å². The predicted octanol–water partition coefficient (Wildman–Crippen LogP) is 4.19. The topological polar surface area (TPSA) is 114 Å². The van der Waals surface area contributed by atoms with Gasteiger partial charge < -0.3 is 24.5 Å². The quantitative estimate of drug-likeness (QED) is 0.400. The Kier molecular flexibility index (Phi) is 8.60. The molecule has 0 radical (unpaired) electrons. The Morgan fingerprint density at radius 1 is 1.30 bits per heavy atom. The van der Waals surface area contributed by atoms with Crippen LogP contribution in [-0.2, 0) is 19.1 Å². The third kappa shape index (κ3) is 6.20. The van der Waals surface area contributed by atoms with Crippen LogP contribution in [0.3, 0.4) is 0 Å². The Balaban J connectivity index is 1.81. The van der Waals surface area contributed by atoms with Crippen LogP contribution >= 0.6 is 23.4 Å². The van der Waals surface area contributed by atoms with Gasteiger partial charge in [-0.1, -0.05) is 29.4 Å². The summed E-state index contributed by atoms with van der Waals surface area (Å²) in [5.41, 5.74) is 1.61. The summed E-state index contributed by atoms with van der Waals surface area (Å²) < 4.78 is 15.8. The zero-order valence-electron chi connectivity index (χ0n) is 18.0. The first-order valence-electron chi connectivity index (χ1n) is 9.94. The van der Waals surface area contributed by atoms with Gasteiger partial charge in [-0.3, -0.25) is 4.79 Å². The van der Waals surface area contributed by atoms with Crippen LogP contribution in [0.1, 0.15) is 18.6 Å². The number of nitrogens with one attached hydrogen (secondary N) is 2. The molecule has 2 aromatic rings. The largest absolute Gasteiger partial charge is 0.468 e. The van der Waals surface area contributed by atoms with Crippen LogP contribution in [0.5, 0.6) is 0 Å². The van der Waals surface area contributed by atoms with E-state index in [4.69, 9.17) is 25.5 Å². The first-order chi connectivity index (χ1) is 15.9. The smallest absolute Gasteiger partial charge is 0.336 e. The fraction of sp³-hybridized carbons (Fsp3) is 0.261. The van der Waals surface area contributed by atoms with Crippen molar-refractivity contribution < 1.29 is 23.5 Å². The number of amides is 1. The van der Waals surface area contributed by atoms with Crippen molar-refractivity contribution in [2.24, 2.45) is 0 Å². The fourth-order valence-corrected chi connectivity index (χ4v) is 4.32. The number of nitrogens with zero attached hydrogens (tertiary/aromatic N) is 1. The minimum atomic E-state index is -0.764. The van der Waals surface area contributed by atoms with Gasteiger partial charge in [0.15, 0.2) is 0 Å². The van der Waals surface area contributed by atoms with Crippen LogP contribution in [-0.4, -0.2) is 38.0 Å². The average molecular weight is 488 g/mol. The van der Waals surface area contributed by atoms with E-state index in [2.05, 4.69) is 16.7 Å². The Morgan fingerprint density at radius 2 is 2.12 bits per heavy atom. The molecule has 1 aliphatic rings. The number of hydrogen-bond donors (Lipinski definition) is 2. The van der Waals surface area contributed by atoms with Crippen LogP contribution < -0.4 is 10.6 Å². The highest BCUT2D eigenvalue weighted by Gasteiger charge is 2.37. The molecule has 172 valence electrons. The van der Waals surface area contributed by atoms with Gasteiger partial charge in [0, 0.05) is 23.5 Å². The van der Waals surface area contributed by atoms with E-state index in [-0.39, 0.29) is 36.0 Å². The van der Waals surface area contributed by atoms with Gasteiger partial charge in [0.2, 0.25) is 5.91 Å². The number of anilines is 1. The Morgan fingerprint density at radius 3 is 2.79 bits per heavy atom. The van der Waals surface area contributed by atoms with Gasteiger partial charge >= 0.3 is 5.97 Å². The average Bonchev–Trinajstić information content (AvgIpc) is 3.32. The molecule has 1 aromatic carbocycles. The number of hydrogen-bond acceptors (Lipinski definition) is 8. The summed E-state index contributed by atoms with van der Waals surface area (Å²) in [5.74, 6) is -1.15. The maximum atomic E-state index is 12.8. The van der Waals surface area contributed by atoms with Crippen molar-refractivity contribution in [3.63, 3.8) is 0 Å². The van der Waals surface area contributed by atoms with E-state index in [0.29, 0.717) is 27.2 Å². The summed E-state index contributed by atoms with van der Waals surface area (Å²) in [6.45, 7) is 2.04. The molecule has 1 aliphatic heterocycles. The van der Waals surface area contributed by atoms with Gasteiger partial charge in [-0.05, 0) is 37.3 Å². The van der Waals surface area contributed by atoms with Crippen LogP contribution in [0.25, 0.3) is 0 Å². The molecule has 8 nitrogen and oxygen atoms in total. The van der Waals surface area contributed by atoms with Gasteiger partial charge in [0.25, 0.3) is 0 Å². The van der Waals surface area contributed by atoms with Crippen molar-refractivity contribution in [2.75, 3.05) is 31.4 Å². The molecule has 33 heavy (non-hydrogen) atoms. The zero-order chi connectivity index (χ0) is 23.8. The van der Waals surface area contributed by atoms with Gasteiger partial charge in [-0.2, -0.15) is 5.26 Å². The zero-order valence-corrected chi connectivity index (χ0v) is 19.6. The molecule has 0 spiro atoms. The molecule has 1 atom stereocenters. The molecule has 0 bridgehead atoms. The summed E-state index contributed by atoms with van der Waals surface area (Å²) in [4.78, 5) is 25.3. The minimum Gasteiger partial charge on any atom is -0.468 e. The number of carbonyl (C=O) groups is 2. The number of allylic oxidation sites excluding steroid dienone is 2. The van der Waals surface area contributed by atoms with Crippen molar-refractivity contribution in [1.29, 1.82) is 5.26 Å². The normalized spacial score (nSPS) is 15.6. The van der Waals surface area contributed by atoms with E-state index in [9.17, 15) is 14.9 Å². The number of thioether (sulfide) groups is 1. The monoisotopic (exact) mass is 487 g/mol. The molecule has 1 amide bonds. The number of esters is 1. The number of methoxy groups -OCH3 is 1. The van der Waals surface area contributed by atoms with E-state index in [0.717, 1.165) is 11.8 Å². The number of benzene rings is 1. The van der Waals surface area contributed by atoms with E-state index >= 15 is 0 Å². The molecule has 1 aromatic heterocycles. The number of ether oxygens (including phenoxy) is 2. The Hall–Kier alpha value is -3.19. The van der Waals surface area contributed by atoms with Crippen molar-refractivity contribution in [3.05, 3.63) is 75.3 Å². The molecule has 2 heterocycles. The molecule has 0 fully saturated rings. The van der Waals surface area contributed by atoms with Gasteiger partial charge in [0.05, 0.1) is 46.8 Å². The second kappa shape index (κ2) is 11.6. The van der Waals surface area contributed by atoms with Crippen LogP contribution in [0.15, 0.2) is 69.0 Å². The summed E-state index contributed by atoms with van der Waals surface area (Å²) >= 11 is 7.11. The number of carbonyl (C=O) groups excluding carboxylic acids is 2. The van der Waals surface area contributed by atoms with Crippen molar-refractivity contribution in [3.8, 4) is 6.07 Å². The third-order valence-corrected chi connectivity index (χ3v) is 5.92.